The first-order valence-corrected chi connectivity index (χ1v) is 16.6. The molecule has 1 heteroatoms. The van der Waals surface area contributed by atoms with E-state index < -0.39 is 0 Å². The third-order valence-electron chi connectivity index (χ3n) is 11.0. The molecule has 0 aliphatic heterocycles. The summed E-state index contributed by atoms with van der Waals surface area (Å²) in [5.74, 6) is 0. The summed E-state index contributed by atoms with van der Waals surface area (Å²) in [4.78, 5) is 2.53. The molecule has 3 aliphatic rings. The van der Waals surface area contributed by atoms with Crippen LogP contribution in [0, 0.1) is 27.7 Å². The van der Waals surface area contributed by atoms with E-state index >= 15 is 0 Å². The fourth-order valence-electron chi connectivity index (χ4n) is 8.70. The highest BCUT2D eigenvalue weighted by Crippen LogP contribution is 2.59. The zero-order chi connectivity index (χ0) is 31.4. The Balaban J connectivity index is 1.44. The number of fused-ring (bicyclic) bond motifs is 8. The predicted octanol–water partition coefficient (Wildman–Crippen LogP) is 12.2. The smallest absolute Gasteiger partial charge is 0.0543 e. The number of hydrogen-bond donors (Lipinski definition) is 0. The van der Waals surface area contributed by atoms with Crippen LogP contribution in [0.3, 0.4) is 0 Å². The summed E-state index contributed by atoms with van der Waals surface area (Å²) in [6.07, 6.45) is 7.27. The van der Waals surface area contributed by atoms with E-state index in [4.69, 9.17) is 0 Å². The Morgan fingerprint density at radius 2 is 1.11 bits per heavy atom. The molecular formula is C44H43N. The van der Waals surface area contributed by atoms with Gasteiger partial charge >= 0.3 is 0 Å². The van der Waals surface area contributed by atoms with Crippen LogP contribution in [0.4, 0.5) is 17.1 Å². The highest BCUT2D eigenvalue weighted by Gasteiger charge is 2.44. The van der Waals surface area contributed by atoms with Crippen LogP contribution in [0.15, 0.2) is 96.6 Å². The van der Waals surface area contributed by atoms with Crippen LogP contribution in [0.5, 0.6) is 0 Å². The van der Waals surface area contributed by atoms with Gasteiger partial charge in [-0.15, -0.1) is 0 Å². The number of allylic oxidation sites excluding steroid dienone is 4. The van der Waals surface area contributed by atoms with Crippen LogP contribution >= 0.6 is 0 Å². The molecule has 0 heterocycles. The minimum atomic E-state index is -0.138. The van der Waals surface area contributed by atoms with Crippen molar-refractivity contribution in [2.75, 3.05) is 4.90 Å². The van der Waals surface area contributed by atoms with Crippen molar-refractivity contribution in [3.05, 3.63) is 141 Å². The van der Waals surface area contributed by atoms with Crippen LogP contribution in [0.25, 0.3) is 27.5 Å². The number of aryl methyl sites for hydroxylation is 4. The van der Waals surface area contributed by atoms with Gasteiger partial charge in [-0.25, -0.2) is 0 Å². The van der Waals surface area contributed by atoms with E-state index in [1.54, 1.807) is 0 Å². The lowest BCUT2D eigenvalue weighted by molar-refractivity contribution is 0.648. The highest BCUT2D eigenvalue weighted by atomic mass is 15.1. The van der Waals surface area contributed by atoms with Gasteiger partial charge in [-0.05, 0) is 132 Å². The first-order chi connectivity index (χ1) is 21.5. The summed E-state index contributed by atoms with van der Waals surface area (Å²) >= 11 is 0. The van der Waals surface area contributed by atoms with E-state index in [1.807, 2.05) is 0 Å². The first-order valence-electron chi connectivity index (χ1n) is 16.6. The maximum absolute atomic E-state index is 2.57. The van der Waals surface area contributed by atoms with Gasteiger partial charge in [0.25, 0.3) is 0 Å². The molecule has 0 aromatic heterocycles. The number of hydrogen-bond acceptors (Lipinski definition) is 1. The molecular weight excluding hydrogens is 542 g/mol. The Kier molecular flexibility index (Phi) is 5.98. The van der Waals surface area contributed by atoms with Crippen molar-refractivity contribution in [2.45, 2.75) is 79.1 Å². The standard InChI is InChI=1S/C44H43N/c1-26-17-19-39(28(3)21-26)45(40-20-18-27(2)22-29(40)4)41-25-38-42(32-15-10-9-14-31(32)41)34-24-36-33(23-37(34)44(38,7)8)30-13-11-12-16-35(30)43(36,5)6/h9-10,13-25H,11-12H2,1-8H3. The molecule has 0 unspecified atom stereocenters. The van der Waals surface area contributed by atoms with Gasteiger partial charge in [-0.3, -0.25) is 0 Å². The molecule has 0 saturated carbocycles. The van der Waals surface area contributed by atoms with E-state index in [-0.39, 0.29) is 10.8 Å². The molecule has 224 valence electrons. The Morgan fingerprint density at radius 1 is 0.533 bits per heavy atom. The number of nitrogens with zero attached hydrogens (tertiary/aromatic N) is 1. The average molecular weight is 586 g/mol. The first kappa shape index (κ1) is 28.1. The van der Waals surface area contributed by atoms with Gasteiger partial charge in [-0.2, -0.15) is 0 Å². The predicted molar refractivity (Wildman–Crippen MR) is 193 cm³/mol. The Labute approximate surface area is 268 Å². The molecule has 45 heavy (non-hydrogen) atoms. The lowest BCUT2D eigenvalue weighted by Crippen LogP contribution is -2.18. The summed E-state index contributed by atoms with van der Waals surface area (Å²) in [6, 6.07) is 30.5. The average Bonchev–Trinajstić information content (AvgIpc) is 3.37. The van der Waals surface area contributed by atoms with E-state index in [9.17, 15) is 0 Å². The summed E-state index contributed by atoms with van der Waals surface area (Å²) in [7, 11) is 0. The molecule has 0 saturated heterocycles. The van der Waals surface area contributed by atoms with Crippen LogP contribution in [-0.4, -0.2) is 0 Å². The second-order valence-corrected chi connectivity index (χ2v) is 14.8. The molecule has 5 aromatic carbocycles. The second-order valence-electron chi connectivity index (χ2n) is 14.8. The highest BCUT2D eigenvalue weighted by molar-refractivity contribution is 6.10. The van der Waals surface area contributed by atoms with Crippen LogP contribution in [0.1, 0.15) is 85.0 Å². The molecule has 0 fully saturated rings. The van der Waals surface area contributed by atoms with Gasteiger partial charge in [0.15, 0.2) is 0 Å². The monoisotopic (exact) mass is 585 g/mol. The maximum Gasteiger partial charge on any atom is 0.0543 e. The van der Waals surface area contributed by atoms with Crippen LogP contribution < -0.4 is 4.90 Å². The van der Waals surface area contributed by atoms with Crippen molar-refractivity contribution in [3.63, 3.8) is 0 Å². The Bertz CT molecular complexity index is 2100. The van der Waals surface area contributed by atoms with Gasteiger partial charge in [0.1, 0.15) is 0 Å². The van der Waals surface area contributed by atoms with Gasteiger partial charge < -0.3 is 4.90 Å². The van der Waals surface area contributed by atoms with Crippen molar-refractivity contribution in [1.29, 1.82) is 0 Å². The van der Waals surface area contributed by atoms with Crippen LogP contribution in [-0.2, 0) is 10.8 Å². The third kappa shape index (κ3) is 3.92. The molecule has 0 N–H and O–H groups in total. The van der Waals surface area contributed by atoms with Crippen LogP contribution in [0.2, 0.25) is 0 Å². The minimum absolute atomic E-state index is 0.0159. The Hall–Kier alpha value is -4.36. The van der Waals surface area contributed by atoms with Crippen molar-refractivity contribution in [3.8, 4) is 11.1 Å². The number of rotatable bonds is 3. The molecule has 0 radical (unpaired) electrons. The Morgan fingerprint density at radius 3 is 1.76 bits per heavy atom. The zero-order valence-corrected chi connectivity index (χ0v) is 28.0. The lowest BCUT2D eigenvalue weighted by atomic mass is 9.79. The molecule has 0 bridgehead atoms. The van der Waals surface area contributed by atoms with Crippen molar-refractivity contribution < 1.29 is 0 Å². The van der Waals surface area contributed by atoms with Crippen molar-refractivity contribution in [2.24, 2.45) is 0 Å². The largest absolute Gasteiger partial charge is 0.309 e. The topological polar surface area (TPSA) is 3.24 Å². The van der Waals surface area contributed by atoms with E-state index in [1.165, 1.54) is 94.6 Å². The van der Waals surface area contributed by atoms with E-state index in [0.29, 0.717) is 0 Å². The number of anilines is 3. The maximum atomic E-state index is 2.57. The van der Waals surface area contributed by atoms with Gasteiger partial charge in [0.05, 0.1) is 5.69 Å². The van der Waals surface area contributed by atoms with Gasteiger partial charge in [0.2, 0.25) is 0 Å². The normalized spacial score (nSPS) is 16.9. The lowest BCUT2D eigenvalue weighted by Gasteiger charge is -2.32. The molecule has 3 aliphatic carbocycles. The van der Waals surface area contributed by atoms with Gasteiger partial charge in [-0.1, -0.05) is 99.5 Å². The third-order valence-corrected chi connectivity index (χ3v) is 11.0. The van der Waals surface area contributed by atoms with E-state index in [0.717, 1.165) is 12.8 Å². The second kappa shape index (κ2) is 9.57. The number of benzene rings is 5. The quantitative estimate of drug-likeness (QED) is 0.204. The van der Waals surface area contributed by atoms with Crippen molar-refractivity contribution in [1.82, 2.24) is 0 Å². The molecule has 0 spiro atoms. The summed E-state index contributed by atoms with van der Waals surface area (Å²) in [5, 5.41) is 2.63. The summed E-state index contributed by atoms with van der Waals surface area (Å²) < 4.78 is 0. The molecule has 0 atom stereocenters. The fourth-order valence-corrected chi connectivity index (χ4v) is 8.70. The molecule has 5 aromatic rings. The summed E-state index contributed by atoms with van der Waals surface area (Å²) in [6.45, 7) is 18.6. The zero-order valence-electron chi connectivity index (χ0n) is 28.0. The van der Waals surface area contributed by atoms with E-state index in [2.05, 4.69) is 151 Å². The fraction of sp³-hybridized carbons (Fsp3) is 0.273. The summed E-state index contributed by atoms with van der Waals surface area (Å²) in [5.41, 5.74) is 20.3. The SMILES string of the molecule is Cc1ccc(N(c2ccc(C)cc2C)c2cc3c(c4ccccc24)-c2cc4c(cc2C3(C)C)C2=CCCC=C2C4(C)C)c(C)c1. The molecule has 1 nitrogen and oxygen atoms in total. The molecule has 0 amide bonds. The van der Waals surface area contributed by atoms with Crippen molar-refractivity contribution >= 4 is 33.4 Å². The van der Waals surface area contributed by atoms with Gasteiger partial charge in [0, 0.05) is 27.6 Å². The minimum Gasteiger partial charge on any atom is -0.309 e. The molecule has 8 rings (SSSR count).